The Morgan fingerprint density at radius 3 is 2.92 bits per heavy atom. The van der Waals surface area contributed by atoms with Crippen LogP contribution in [0.3, 0.4) is 0 Å². The van der Waals surface area contributed by atoms with E-state index in [2.05, 4.69) is 31.0 Å². The van der Waals surface area contributed by atoms with Gasteiger partial charge in [0.25, 0.3) is 5.91 Å². The molecule has 3 aromatic heterocycles. The number of nitrogens with one attached hydrogen (secondary N) is 1. The van der Waals surface area contributed by atoms with Gasteiger partial charge in [-0.15, -0.1) is 17.8 Å². The summed E-state index contributed by atoms with van der Waals surface area (Å²) in [6.07, 6.45) is 3.33. The Kier molecular flexibility index (Phi) is 4.77. The molecule has 0 bridgehead atoms. The number of alkyl halides is 3. The van der Waals surface area contributed by atoms with Crippen LogP contribution in [0.2, 0.25) is 0 Å². The fourth-order valence-corrected chi connectivity index (χ4v) is 2.91. The van der Waals surface area contributed by atoms with Crippen molar-refractivity contribution in [2.45, 2.75) is 12.7 Å². The van der Waals surface area contributed by atoms with Crippen molar-refractivity contribution in [2.24, 2.45) is 0 Å². The van der Waals surface area contributed by atoms with Crippen molar-refractivity contribution >= 4 is 17.2 Å². The second-order valence-electron chi connectivity index (χ2n) is 5.00. The SMILES string of the molecule is C#CCNC(=O)c1cnn(Cc2ccc(-c3noc(C(F)(F)F)n3)s2)c1. The second kappa shape index (κ2) is 7.01. The minimum absolute atomic E-state index is 0.114. The van der Waals surface area contributed by atoms with Crippen molar-refractivity contribution in [3.8, 4) is 23.0 Å². The van der Waals surface area contributed by atoms with Gasteiger partial charge < -0.3 is 9.84 Å². The lowest BCUT2D eigenvalue weighted by atomic mass is 10.3. The van der Waals surface area contributed by atoms with E-state index in [1.54, 1.807) is 18.3 Å². The monoisotopic (exact) mass is 381 g/mol. The van der Waals surface area contributed by atoms with Crippen molar-refractivity contribution in [2.75, 3.05) is 6.54 Å². The van der Waals surface area contributed by atoms with Crippen LogP contribution in [0, 0.1) is 12.3 Å². The molecule has 0 fully saturated rings. The van der Waals surface area contributed by atoms with E-state index in [0.717, 1.165) is 4.88 Å². The molecule has 0 aromatic carbocycles. The molecule has 0 atom stereocenters. The maximum atomic E-state index is 12.5. The summed E-state index contributed by atoms with van der Waals surface area (Å²) in [6.45, 7) is 0.444. The fraction of sp³-hybridized carbons (Fsp3) is 0.200. The van der Waals surface area contributed by atoms with Crippen LogP contribution in [0.5, 0.6) is 0 Å². The number of rotatable bonds is 5. The van der Waals surface area contributed by atoms with Crippen LogP contribution in [0.1, 0.15) is 21.1 Å². The Morgan fingerprint density at radius 2 is 2.23 bits per heavy atom. The summed E-state index contributed by atoms with van der Waals surface area (Å²) < 4.78 is 43.3. The summed E-state index contributed by atoms with van der Waals surface area (Å²) in [4.78, 5) is 16.3. The number of carbonyl (C=O) groups excluding carboxylic acids is 1. The lowest BCUT2D eigenvalue weighted by molar-refractivity contribution is -0.159. The quantitative estimate of drug-likeness (QED) is 0.686. The zero-order valence-electron chi connectivity index (χ0n) is 12.9. The lowest BCUT2D eigenvalue weighted by Crippen LogP contribution is -2.22. The van der Waals surface area contributed by atoms with Gasteiger partial charge in [0, 0.05) is 11.1 Å². The van der Waals surface area contributed by atoms with E-state index in [0.29, 0.717) is 17.0 Å². The van der Waals surface area contributed by atoms with Crippen LogP contribution < -0.4 is 5.32 Å². The molecule has 0 saturated heterocycles. The molecule has 1 N–H and O–H groups in total. The molecule has 134 valence electrons. The Balaban J connectivity index is 1.69. The molecule has 0 unspecified atom stereocenters. The van der Waals surface area contributed by atoms with Gasteiger partial charge in [0.05, 0.1) is 29.7 Å². The zero-order chi connectivity index (χ0) is 18.7. The first kappa shape index (κ1) is 17.7. The second-order valence-corrected chi connectivity index (χ2v) is 6.17. The molecule has 1 amide bonds. The predicted octanol–water partition coefficient (Wildman–Crippen LogP) is 2.42. The summed E-state index contributed by atoms with van der Waals surface area (Å²) in [5.74, 6) is 0.429. The van der Waals surface area contributed by atoms with Crippen LogP contribution in [-0.4, -0.2) is 32.4 Å². The number of hydrogen-bond donors (Lipinski definition) is 1. The van der Waals surface area contributed by atoms with Crippen molar-refractivity contribution in [3.05, 3.63) is 40.9 Å². The highest BCUT2D eigenvalue weighted by Gasteiger charge is 2.38. The maximum Gasteiger partial charge on any atom is 0.471 e. The van der Waals surface area contributed by atoms with E-state index >= 15 is 0 Å². The average Bonchev–Trinajstić information content (AvgIpc) is 3.31. The van der Waals surface area contributed by atoms with Gasteiger partial charge in [-0.05, 0) is 12.1 Å². The molecule has 0 aliphatic heterocycles. The number of nitrogens with zero attached hydrogens (tertiary/aromatic N) is 4. The van der Waals surface area contributed by atoms with Crippen LogP contribution in [0.15, 0.2) is 29.0 Å². The van der Waals surface area contributed by atoms with E-state index in [1.165, 1.54) is 22.2 Å². The largest absolute Gasteiger partial charge is 0.471 e. The number of aromatic nitrogens is 4. The Hall–Kier alpha value is -3.13. The van der Waals surface area contributed by atoms with Crippen LogP contribution in [0.25, 0.3) is 10.7 Å². The van der Waals surface area contributed by atoms with Gasteiger partial charge in [0.2, 0.25) is 5.82 Å². The minimum atomic E-state index is -4.68. The highest BCUT2D eigenvalue weighted by Crippen LogP contribution is 2.31. The number of amides is 1. The molecular formula is C15H10F3N5O2S. The van der Waals surface area contributed by atoms with Crippen molar-refractivity contribution in [3.63, 3.8) is 0 Å². The third-order valence-electron chi connectivity index (χ3n) is 3.11. The van der Waals surface area contributed by atoms with Gasteiger partial charge in [0.15, 0.2) is 0 Å². The zero-order valence-corrected chi connectivity index (χ0v) is 13.8. The molecule has 3 rings (SSSR count). The highest BCUT2D eigenvalue weighted by atomic mass is 32.1. The molecule has 3 heterocycles. The standard InChI is InChI=1S/C15H10F3N5O2S/c1-2-5-19-13(24)9-6-20-23(7-9)8-10-3-4-11(26-10)12-21-14(25-22-12)15(16,17)18/h1,3-4,6-7H,5,8H2,(H,19,24). The summed E-state index contributed by atoms with van der Waals surface area (Å²) >= 11 is 1.20. The molecular weight excluding hydrogens is 371 g/mol. The van der Waals surface area contributed by atoms with Gasteiger partial charge in [-0.2, -0.15) is 23.3 Å². The number of carbonyl (C=O) groups is 1. The van der Waals surface area contributed by atoms with Gasteiger partial charge in [0.1, 0.15) is 0 Å². The molecule has 0 saturated carbocycles. The normalized spacial score (nSPS) is 11.3. The van der Waals surface area contributed by atoms with Crippen molar-refractivity contribution in [1.82, 2.24) is 25.2 Å². The fourth-order valence-electron chi connectivity index (χ4n) is 1.98. The van der Waals surface area contributed by atoms with E-state index in [-0.39, 0.29) is 18.3 Å². The average molecular weight is 381 g/mol. The number of thiophene rings is 1. The van der Waals surface area contributed by atoms with Gasteiger partial charge in [-0.3, -0.25) is 9.48 Å². The van der Waals surface area contributed by atoms with E-state index in [1.807, 2.05) is 0 Å². The first-order chi connectivity index (χ1) is 12.4. The van der Waals surface area contributed by atoms with E-state index in [4.69, 9.17) is 6.42 Å². The van der Waals surface area contributed by atoms with Gasteiger partial charge in [-0.1, -0.05) is 11.1 Å². The predicted molar refractivity (Wildman–Crippen MR) is 85.1 cm³/mol. The molecule has 3 aromatic rings. The molecule has 7 nitrogen and oxygen atoms in total. The third-order valence-corrected chi connectivity index (χ3v) is 4.18. The Morgan fingerprint density at radius 1 is 1.42 bits per heavy atom. The Labute approximate surface area is 148 Å². The lowest BCUT2D eigenvalue weighted by Gasteiger charge is -1.98. The van der Waals surface area contributed by atoms with Crippen molar-refractivity contribution < 1.29 is 22.5 Å². The number of terminal acetylenes is 1. The summed E-state index contributed by atoms with van der Waals surface area (Å²) in [5, 5.41) is 9.93. The van der Waals surface area contributed by atoms with Crippen LogP contribution in [-0.2, 0) is 12.7 Å². The van der Waals surface area contributed by atoms with Gasteiger partial charge in [-0.25, -0.2) is 0 Å². The molecule has 0 aliphatic rings. The summed E-state index contributed by atoms with van der Waals surface area (Å²) in [6, 6.07) is 3.30. The Bertz CT molecular complexity index is 966. The van der Waals surface area contributed by atoms with Crippen molar-refractivity contribution in [1.29, 1.82) is 0 Å². The number of halogens is 3. The summed E-state index contributed by atoms with van der Waals surface area (Å²) in [7, 11) is 0. The first-order valence-corrected chi connectivity index (χ1v) is 7.92. The molecule has 0 spiro atoms. The summed E-state index contributed by atoms with van der Waals surface area (Å²) in [5.41, 5.74) is 0.352. The molecule has 0 radical (unpaired) electrons. The smallest absolute Gasteiger partial charge is 0.341 e. The van der Waals surface area contributed by atoms with Crippen LogP contribution in [0.4, 0.5) is 13.2 Å². The molecule has 11 heteroatoms. The minimum Gasteiger partial charge on any atom is -0.341 e. The van der Waals surface area contributed by atoms with E-state index in [9.17, 15) is 18.0 Å². The maximum absolute atomic E-state index is 12.5. The number of hydrogen-bond acceptors (Lipinski definition) is 6. The molecule has 0 aliphatic carbocycles. The first-order valence-electron chi connectivity index (χ1n) is 7.11. The highest BCUT2D eigenvalue weighted by molar-refractivity contribution is 7.15. The van der Waals surface area contributed by atoms with Crippen LogP contribution >= 0.6 is 11.3 Å². The topological polar surface area (TPSA) is 85.8 Å². The third kappa shape index (κ3) is 3.92. The van der Waals surface area contributed by atoms with E-state index < -0.39 is 12.1 Å². The molecule has 26 heavy (non-hydrogen) atoms. The van der Waals surface area contributed by atoms with Gasteiger partial charge >= 0.3 is 12.1 Å².